The van der Waals surface area contributed by atoms with Gasteiger partial charge in [-0.05, 0) is 19.9 Å². The van der Waals surface area contributed by atoms with Crippen LogP contribution in [-0.4, -0.2) is 60.9 Å². The highest BCUT2D eigenvalue weighted by Crippen LogP contribution is 2.19. The number of piperidine rings is 1. The maximum absolute atomic E-state index is 11.7. The second-order valence-corrected chi connectivity index (χ2v) is 4.75. The molecular weight excluding hydrogens is 206 g/mol. The molecule has 0 aromatic heterocycles. The number of hydrogen-bond donors (Lipinski definition) is 1. The van der Waals surface area contributed by atoms with Gasteiger partial charge in [0.05, 0.1) is 6.04 Å². The number of likely N-dealkylation sites (N-methyl/N-ethyl adjacent to an activating group) is 2. The fourth-order valence-electron chi connectivity index (χ4n) is 2.51. The van der Waals surface area contributed by atoms with Crippen LogP contribution in [0.5, 0.6) is 0 Å². The lowest BCUT2D eigenvalue weighted by Gasteiger charge is -2.34. The molecule has 2 fully saturated rings. The van der Waals surface area contributed by atoms with E-state index in [-0.39, 0.29) is 23.9 Å². The fraction of sp³-hybridized carbons (Fsp3) is 0.818. The Morgan fingerprint density at radius 1 is 1.44 bits per heavy atom. The highest BCUT2D eigenvalue weighted by molar-refractivity contribution is 5.83. The smallest absolute Gasteiger partial charge is 0.237 e. The Labute approximate surface area is 95.8 Å². The highest BCUT2D eigenvalue weighted by atomic mass is 16.2. The third-order valence-electron chi connectivity index (χ3n) is 3.64. The Kier molecular flexibility index (Phi) is 3.14. The first-order valence-corrected chi connectivity index (χ1v) is 5.83. The van der Waals surface area contributed by atoms with E-state index in [9.17, 15) is 9.59 Å². The van der Waals surface area contributed by atoms with E-state index < -0.39 is 0 Å². The Morgan fingerprint density at radius 3 is 2.75 bits per heavy atom. The molecule has 1 N–H and O–H groups in total. The zero-order chi connectivity index (χ0) is 11.7. The molecule has 2 heterocycles. The topological polar surface area (TPSA) is 52.6 Å². The predicted molar refractivity (Wildman–Crippen MR) is 59.8 cm³/mol. The minimum Gasteiger partial charge on any atom is -0.355 e. The van der Waals surface area contributed by atoms with Gasteiger partial charge in [0.15, 0.2) is 0 Å². The standard InChI is InChI=1S/C11H19N3O2/c1-13-7-8(6-10(13)15)14(2)9-4-3-5-12-11(9)16/h8-9H,3-7H2,1-2H3,(H,12,16). The molecule has 0 aromatic rings. The molecule has 0 spiro atoms. The fourth-order valence-corrected chi connectivity index (χ4v) is 2.51. The molecular formula is C11H19N3O2. The number of nitrogens with zero attached hydrogens (tertiary/aromatic N) is 2. The van der Waals surface area contributed by atoms with Crippen molar-refractivity contribution >= 4 is 11.8 Å². The lowest BCUT2D eigenvalue weighted by Crippen LogP contribution is -2.52. The van der Waals surface area contributed by atoms with E-state index in [1.54, 1.807) is 4.90 Å². The molecule has 5 heteroatoms. The van der Waals surface area contributed by atoms with E-state index in [1.807, 2.05) is 14.1 Å². The van der Waals surface area contributed by atoms with Crippen molar-refractivity contribution in [2.75, 3.05) is 27.2 Å². The molecule has 0 aliphatic carbocycles. The van der Waals surface area contributed by atoms with Crippen molar-refractivity contribution in [3.63, 3.8) is 0 Å². The van der Waals surface area contributed by atoms with Crippen molar-refractivity contribution in [2.45, 2.75) is 31.3 Å². The molecule has 2 aliphatic rings. The quantitative estimate of drug-likeness (QED) is 0.684. The third-order valence-corrected chi connectivity index (χ3v) is 3.64. The Bertz CT molecular complexity index is 306. The SMILES string of the molecule is CN1CC(N(C)C2CCCNC2=O)CC1=O. The summed E-state index contributed by atoms with van der Waals surface area (Å²) in [4.78, 5) is 27.0. The molecule has 2 atom stereocenters. The Morgan fingerprint density at radius 2 is 2.19 bits per heavy atom. The number of hydrogen-bond acceptors (Lipinski definition) is 3. The number of nitrogens with one attached hydrogen (secondary N) is 1. The summed E-state index contributed by atoms with van der Waals surface area (Å²) >= 11 is 0. The molecule has 2 rings (SSSR count). The third kappa shape index (κ3) is 2.04. The first-order valence-electron chi connectivity index (χ1n) is 5.83. The number of carbonyl (C=O) groups excluding carboxylic acids is 2. The number of carbonyl (C=O) groups is 2. The van der Waals surface area contributed by atoms with Crippen LogP contribution in [0.25, 0.3) is 0 Å². The summed E-state index contributed by atoms with van der Waals surface area (Å²) in [7, 11) is 3.77. The van der Waals surface area contributed by atoms with Crippen LogP contribution < -0.4 is 5.32 Å². The average molecular weight is 225 g/mol. The van der Waals surface area contributed by atoms with Gasteiger partial charge < -0.3 is 10.2 Å². The molecule has 16 heavy (non-hydrogen) atoms. The minimum absolute atomic E-state index is 0.0574. The van der Waals surface area contributed by atoms with Crippen LogP contribution in [-0.2, 0) is 9.59 Å². The zero-order valence-corrected chi connectivity index (χ0v) is 9.90. The summed E-state index contributed by atoms with van der Waals surface area (Å²) in [5.41, 5.74) is 0. The van der Waals surface area contributed by atoms with Gasteiger partial charge >= 0.3 is 0 Å². The van der Waals surface area contributed by atoms with Crippen LogP contribution in [0.3, 0.4) is 0 Å². The Balaban J connectivity index is 1.99. The largest absolute Gasteiger partial charge is 0.355 e. The first kappa shape index (κ1) is 11.4. The van der Waals surface area contributed by atoms with Gasteiger partial charge in [-0.25, -0.2) is 0 Å². The number of rotatable bonds is 2. The van der Waals surface area contributed by atoms with Crippen LogP contribution in [0.2, 0.25) is 0 Å². The first-order chi connectivity index (χ1) is 7.59. The van der Waals surface area contributed by atoms with Crippen LogP contribution in [0.15, 0.2) is 0 Å². The van der Waals surface area contributed by atoms with Gasteiger partial charge in [0, 0.05) is 32.6 Å². The highest BCUT2D eigenvalue weighted by Gasteiger charge is 2.36. The van der Waals surface area contributed by atoms with Crippen molar-refractivity contribution in [3.05, 3.63) is 0 Å². The molecule has 0 bridgehead atoms. The van der Waals surface area contributed by atoms with Gasteiger partial charge in [-0.1, -0.05) is 0 Å². The van der Waals surface area contributed by atoms with Crippen molar-refractivity contribution in [1.82, 2.24) is 15.1 Å². The van der Waals surface area contributed by atoms with Gasteiger partial charge in [0.1, 0.15) is 0 Å². The molecule has 90 valence electrons. The summed E-state index contributed by atoms with van der Waals surface area (Å²) in [5.74, 6) is 0.281. The Hall–Kier alpha value is -1.10. The molecule has 2 aliphatic heterocycles. The average Bonchev–Trinajstić information content (AvgIpc) is 2.59. The van der Waals surface area contributed by atoms with Crippen molar-refractivity contribution < 1.29 is 9.59 Å². The summed E-state index contributed by atoms with van der Waals surface area (Å²) < 4.78 is 0. The second kappa shape index (κ2) is 4.41. The molecule has 5 nitrogen and oxygen atoms in total. The van der Waals surface area contributed by atoms with Gasteiger partial charge in [0.25, 0.3) is 0 Å². The summed E-state index contributed by atoms with van der Waals surface area (Å²) in [5, 5.41) is 2.88. The molecule has 2 saturated heterocycles. The number of amides is 2. The van der Waals surface area contributed by atoms with E-state index in [0.29, 0.717) is 6.42 Å². The van der Waals surface area contributed by atoms with Gasteiger partial charge in [-0.15, -0.1) is 0 Å². The van der Waals surface area contributed by atoms with Crippen molar-refractivity contribution in [3.8, 4) is 0 Å². The predicted octanol–water partition coefficient (Wildman–Crippen LogP) is -0.572. The maximum atomic E-state index is 11.7. The summed E-state index contributed by atoms with van der Waals surface area (Å²) in [6.07, 6.45) is 2.46. The molecule has 2 unspecified atom stereocenters. The number of likely N-dealkylation sites (tertiary alicyclic amines) is 1. The molecule has 0 radical (unpaired) electrons. The normalized spacial score (nSPS) is 31.1. The van der Waals surface area contributed by atoms with Gasteiger partial charge in [-0.2, -0.15) is 0 Å². The summed E-state index contributed by atoms with van der Waals surface area (Å²) in [6.45, 7) is 1.52. The molecule has 2 amide bonds. The minimum atomic E-state index is -0.0574. The van der Waals surface area contributed by atoms with E-state index in [4.69, 9.17) is 0 Å². The monoisotopic (exact) mass is 225 g/mol. The van der Waals surface area contributed by atoms with Gasteiger partial charge in [-0.3, -0.25) is 14.5 Å². The zero-order valence-electron chi connectivity index (χ0n) is 9.90. The van der Waals surface area contributed by atoms with Crippen LogP contribution in [0.4, 0.5) is 0 Å². The lowest BCUT2D eigenvalue weighted by atomic mass is 10.0. The second-order valence-electron chi connectivity index (χ2n) is 4.75. The van der Waals surface area contributed by atoms with E-state index in [2.05, 4.69) is 10.2 Å². The molecule has 0 saturated carbocycles. The lowest BCUT2D eigenvalue weighted by molar-refractivity contribution is -0.129. The van der Waals surface area contributed by atoms with E-state index >= 15 is 0 Å². The van der Waals surface area contributed by atoms with Crippen molar-refractivity contribution in [2.24, 2.45) is 0 Å². The van der Waals surface area contributed by atoms with Crippen LogP contribution in [0, 0.1) is 0 Å². The van der Waals surface area contributed by atoms with E-state index in [0.717, 1.165) is 25.9 Å². The maximum Gasteiger partial charge on any atom is 0.237 e. The van der Waals surface area contributed by atoms with E-state index in [1.165, 1.54) is 0 Å². The van der Waals surface area contributed by atoms with Gasteiger partial charge in [0.2, 0.25) is 11.8 Å². The van der Waals surface area contributed by atoms with Crippen molar-refractivity contribution in [1.29, 1.82) is 0 Å². The summed E-state index contributed by atoms with van der Waals surface area (Å²) in [6, 6.07) is 0.129. The van der Waals surface area contributed by atoms with Crippen LogP contribution in [0.1, 0.15) is 19.3 Å². The van der Waals surface area contributed by atoms with Crippen LogP contribution >= 0.6 is 0 Å². The molecule has 0 aromatic carbocycles.